The molecule has 0 aromatic rings. The number of carbonyl (C=O) groups is 1. The van der Waals surface area contributed by atoms with Crippen LogP contribution in [0.4, 0.5) is 0 Å². The fourth-order valence-corrected chi connectivity index (χ4v) is 1.97. The lowest BCUT2D eigenvalue weighted by Gasteiger charge is -2.17. The number of nitrogens with one attached hydrogen (secondary N) is 2. The molecular weight excluding hydrogens is 200 g/mol. The molecule has 0 aliphatic carbocycles. The largest absolute Gasteiger partial charge is 0.356 e. The molecule has 3 heteroatoms. The van der Waals surface area contributed by atoms with E-state index in [1.165, 1.54) is 12.8 Å². The highest BCUT2D eigenvalue weighted by atomic mass is 16.1. The van der Waals surface area contributed by atoms with Crippen LogP contribution in [0.1, 0.15) is 52.9 Å². The summed E-state index contributed by atoms with van der Waals surface area (Å²) in [5.74, 6) is 0.202. The fraction of sp³-hybridized carbons (Fsp3) is 0.923. The smallest absolute Gasteiger partial charge is 0.220 e. The van der Waals surface area contributed by atoms with Crippen LogP contribution in [0.3, 0.4) is 0 Å². The molecule has 1 heterocycles. The van der Waals surface area contributed by atoms with Gasteiger partial charge in [-0.25, -0.2) is 0 Å². The molecule has 1 saturated heterocycles. The summed E-state index contributed by atoms with van der Waals surface area (Å²) < 4.78 is 0. The van der Waals surface area contributed by atoms with E-state index in [1.54, 1.807) is 0 Å². The van der Waals surface area contributed by atoms with Crippen LogP contribution >= 0.6 is 0 Å². The summed E-state index contributed by atoms with van der Waals surface area (Å²) in [7, 11) is 0. The Balaban J connectivity index is 2.01. The van der Waals surface area contributed by atoms with Gasteiger partial charge in [-0.3, -0.25) is 4.79 Å². The molecule has 94 valence electrons. The minimum Gasteiger partial charge on any atom is -0.356 e. The number of hydrogen-bond acceptors (Lipinski definition) is 2. The number of rotatable bonds is 5. The molecule has 1 aliphatic rings. The average Bonchev–Trinajstić information content (AvgIpc) is 2.66. The summed E-state index contributed by atoms with van der Waals surface area (Å²) >= 11 is 0. The summed E-state index contributed by atoms with van der Waals surface area (Å²) in [4.78, 5) is 11.5. The molecule has 0 bridgehead atoms. The van der Waals surface area contributed by atoms with Crippen LogP contribution in [0.5, 0.6) is 0 Å². The van der Waals surface area contributed by atoms with Gasteiger partial charge in [-0.15, -0.1) is 0 Å². The van der Waals surface area contributed by atoms with E-state index in [9.17, 15) is 4.79 Å². The Morgan fingerprint density at radius 1 is 1.44 bits per heavy atom. The minimum atomic E-state index is 0.202. The molecule has 1 rings (SSSR count). The van der Waals surface area contributed by atoms with E-state index >= 15 is 0 Å². The molecule has 2 N–H and O–H groups in total. The predicted molar refractivity (Wildman–Crippen MR) is 67.3 cm³/mol. The topological polar surface area (TPSA) is 41.1 Å². The summed E-state index contributed by atoms with van der Waals surface area (Å²) in [6, 6.07) is 0.628. The van der Waals surface area contributed by atoms with Crippen molar-refractivity contribution >= 4 is 5.91 Å². The molecule has 0 aromatic heterocycles. The van der Waals surface area contributed by atoms with E-state index in [4.69, 9.17) is 0 Å². The maximum absolute atomic E-state index is 11.5. The van der Waals surface area contributed by atoms with Crippen LogP contribution in [0, 0.1) is 5.41 Å². The average molecular weight is 226 g/mol. The second-order valence-electron chi connectivity index (χ2n) is 5.99. The van der Waals surface area contributed by atoms with E-state index < -0.39 is 0 Å². The Morgan fingerprint density at radius 3 is 2.75 bits per heavy atom. The van der Waals surface area contributed by atoms with Crippen LogP contribution in [0.2, 0.25) is 0 Å². The Bertz CT molecular complexity index is 214. The third-order valence-electron chi connectivity index (χ3n) is 3.08. The normalized spacial score (nSPS) is 21.1. The minimum absolute atomic E-state index is 0.202. The van der Waals surface area contributed by atoms with Gasteiger partial charge < -0.3 is 10.6 Å². The molecule has 1 amide bonds. The highest BCUT2D eigenvalue weighted by Crippen LogP contribution is 2.20. The van der Waals surface area contributed by atoms with Crippen molar-refractivity contribution < 1.29 is 4.79 Å². The van der Waals surface area contributed by atoms with Crippen molar-refractivity contribution in [3.05, 3.63) is 0 Å². The highest BCUT2D eigenvalue weighted by Gasteiger charge is 2.15. The predicted octanol–water partition coefficient (Wildman–Crippen LogP) is 2.07. The molecular formula is C13H26N2O. The van der Waals surface area contributed by atoms with Crippen LogP contribution in [0.15, 0.2) is 0 Å². The lowest BCUT2D eigenvalue weighted by molar-refractivity contribution is -0.121. The molecule has 0 saturated carbocycles. The number of amides is 1. The van der Waals surface area contributed by atoms with Crippen molar-refractivity contribution in [2.24, 2.45) is 5.41 Å². The monoisotopic (exact) mass is 226 g/mol. The molecule has 0 spiro atoms. The van der Waals surface area contributed by atoms with Gasteiger partial charge in [-0.1, -0.05) is 20.8 Å². The van der Waals surface area contributed by atoms with E-state index in [-0.39, 0.29) is 11.3 Å². The first kappa shape index (κ1) is 13.5. The van der Waals surface area contributed by atoms with Crippen molar-refractivity contribution in [2.45, 2.75) is 58.9 Å². The standard InChI is InChI=1S/C13H26N2O/c1-13(2,3)8-6-12(16)15-10-7-11-5-4-9-14-11/h11,14H,4-10H2,1-3H3,(H,15,16)/t11-/m1/s1. The fourth-order valence-electron chi connectivity index (χ4n) is 1.97. The lowest BCUT2D eigenvalue weighted by Crippen LogP contribution is -2.30. The summed E-state index contributed by atoms with van der Waals surface area (Å²) in [5.41, 5.74) is 0.254. The molecule has 16 heavy (non-hydrogen) atoms. The molecule has 0 aromatic carbocycles. The van der Waals surface area contributed by atoms with Gasteiger partial charge in [0.2, 0.25) is 5.91 Å². The second kappa shape index (κ2) is 6.24. The van der Waals surface area contributed by atoms with Crippen molar-refractivity contribution in [3.8, 4) is 0 Å². The zero-order valence-corrected chi connectivity index (χ0v) is 10.9. The second-order valence-corrected chi connectivity index (χ2v) is 5.99. The number of hydrogen-bond donors (Lipinski definition) is 2. The lowest BCUT2D eigenvalue weighted by atomic mass is 9.90. The van der Waals surface area contributed by atoms with Crippen molar-refractivity contribution in [1.82, 2.24) is 10.6 Å². The summed E-state index contributed by atoms with van der Waals surface area (Å²) in [6.07, 6.45) is 5.23. The molecule has 3 nitrogen and oxygen atoms in total. The van der Waals surface area contributed by atoms with Crippen LogP contribution < -0.4 is 10.6 Å². The zero-order chi connectivity index (χ0) is 12.0. The zero-order valence-electron chi connectivity index (χ0n) is 10.9. The third-order valence-corrected chi connectivity index (χ3v) is 3.08. The van der Waals surface area contributed by atoms with Crippen molar-refractivity contribution in [1.29, 1.82) is 0 Å². The Morgan fingerprint density at radius 2 is 2.19 bits per heavy atom. The maximum atomic E-state index is 11.5. The molecule has 0 unspecified atom stereocenters. The third kappa shape index (κ3) is 6.11. The summed E-state index contributed by atoms with van der Waals surface area (Å²) in [5, 5.41) is 6.44. The highest BCUT2D eigenvalue weighted by molar-refractivity contribution is 5.75. The van der Waals surface area contributed by atoms with E-state index in [2.05, 4.69) is 31.4 Å². The van der Waals surface area contributed by atoms with Gasteiger partial charge in [0.1, 0.15) is 0 Å². The molecule has 1 aliphatic heterocycles. The van der Waals surface area contributed by atoms with E-state index in [0.717, 1.165) is 25.9 Å². The number of carbonyl (C=O) groups excluding carboxylic acids is 1. The Kier molecular flexibility index (Phi) is 5.26. The van der Waals surface area contributed by atoms with Gasteiger partial charge in [0.25, 0.3) is 0 Å². The molecule has 0 radical (unpaired) electrons. The summed E-state index contributed by atoms with van der Waals surface area (Å²) in [6.45, 7) is 8.47. The maximum Gasteiger partial charge on any atom is 0.220 e. The first-order valence-corrected chi connectivity index (χ1v) is 6.47. The van der Waals surface area contributed by atoms with Crippen LogP contribution in [-0.4, -0.2) is 25.0 Å². The molecule has 1 atom stereocenters. The first-order chi connectivity index (χ1) is 7.47. The molecule has 1 fully saturated rings. The van der Waals surface area contributed by atoms with Crippen molar-refractivity contribution in [3.63, 3.8) is 0 Å². The SMILES string of the molecule is CC(C)(C)CCC(=O)NCC[C@H]1CCCN1. The van der Waals surface area contributed by atoms with Crippen molar-refractivity contribution in [2.75, 3.05) is 13.1 Å². The van der Waals surface area contributed by atoms with E-state index in [0.29, 0.717) is 12.5 Å². The van der Waals surface area contributed by atoms with Gasteiger partial charge in [-0.2, -0.15) is 0 Å². The van der Waals surface area contributed by atoms with Gasteiger partial charge in [0.15, 0.2) is 0 Å². The first-order valence-electron chi connectivity index (χ1n) is 6.47. The Hall–Kier alpha value is -0.570. The van der Waals surface area contributed by atoms with Crippen LogP contribution in [0.25, 0.3) is 0 Å². The van der Waals surface area contributed by atoms with Gasteiger partial charge in [0, 0.05) is 19.0 Å². The quantitative estimate of drug-likeness (QED) is 0.753. The van der Waals surface area contributed by atoms with Gasteiger partial charge >= 0.3 is 0 Å². The van der Waals surface area contributed by atoms with Gasteiger partial charge in [-0.05, 0) is 37.6 Å². The van der Waals surface area contributed by atoms with E-state index in [1.807, 2.05) is 0 Å². The Labute approximate surface area is 99.4 Å². The van der Waals surface area contributed by atoms with Crippen LogP contribution in [-0.2, 0) is 4.79 Å². The van der Waals surface area contributed by atoms with Gasteiger partial charge in [0.05, 0.1) is 0 Å².